The quantitative estimate of drug-likeness (QED) is 0.732. The van der Waals surface area contributed by atoms with Gasteiger partial charge in [-0.3, -0.25) is 0 Å². The molecular weight excluding hydrogens is 236 g/mol. The number of nitrogens with zero attached hydrogens (tertiary/aromatic N) is 1. The third kappa shape index (κ3) is 4.84. The highest BCUT2D eigenvalue weighted by Crippen LogP contribution is 2.37. The summed E-state index contributed by atoms with van der Waals surface area (Å²) in [6, 6.07) is 8.04. The highest BCUT2D eigenvalue weighted by Gasteiger charge is 2.32. The second kappa shape index (κ2) is 6.92. The van der Waals surface area contributed by atoms with Gasteiger partial charge in [0.25, 0.3) is 0 Å². The fraction of sp³-hybridized carbons (Fsp3) is 0.625. The summed E-state index contributed by atoms with van der Waals surface area (Å²) in [6.45, 7) is 6.04. The van der Waals surface area contributed by atoms with Crippen LogP contribution in [0, 0.1) is 11.8 Å². The van der Waals surface area contributed by atoms with Gasteiger partial charge >= 0.3 is 0 Å². The lowest BCUT2D eigenvalue weighted by Gasteiger charge is -2.16. The topological polar surface area (TPSA) is 38.5 Å². The van der Waals surface area contributed by atoms with Crippen LogP contribution in [0.15, 0.2) is 24.3 Å². The Kier molecular flexibility index (Phi) is 5.23. The van der Waals surface area contributed by atoms with Crippen LogP contribution in [0.25, 0.3) is 0 Å². The third-order valence-electron chi connectivity index (χ3n) is 3.91. The summed E-state index contributed by atoms with van der Waals surface area (Å²) in [7, 11) is 2.21. The number of hydrogen-bond donors (Lipinski definition) is 1. The fourth-order valence-corrected chi connectivity index (χ4v) is 2.43. The van der Waals surface area contributed by atoms with E-state index in [4.69, 9.17) is 10.5 Å². The van der Waals surface area contributed by atoms with Crippen LogP contribution in [0.2, 0.25) is 0 Å². The fourth-order valence-electron chi connectivity index (χ4n) is 2.43. The first-order chi connectivity index (χ1) is 9.19. The van der Waals surface area contributed by atoms with Crippen molar-refractivity contribution < 1.29 is 4.74 Å². The number of benzene rings is 1. The molecule has 0 saturated heterocycles. The lowest BCUT2D eigenvalue weighted by molar-refractivity contribution is 0.255. The summed E-state index contributed by atoms with van der Waals surface area (Å²) >= 11 is 0. The Morgan fingerprint density at radius 3 is 2.89 bits per heavy atom. The van der Waals surface area contributed by atoms with E-state index in [1.807, 2.05) is 24.3 Å². The minimum atomic E-state index is 0.569. The van der Waals surface area contributed by atoms with E-state index < -0.39 is 0 Å². The average molecular weight is 262 g/mol. The van der Waals surface area contributed by atoms with Gasteiger partial charge in [-0.2, -0.15) is 0 Å². The lowest BCUT2D eigenvalue weighted by Crippen LogP contribution is -2.24. The van der Waals surface area contributed by atoms with Crippen molar-refractivity contribution in [2.75, 3.05) is 26.7 Å². The summed E-state index contributed by atoms with van der Waals surface area (Å²) in [5.41, 5.74) is 6.74. The zero-order valence-electron chi connectivity index (χ0n) is 12.1. The Balaban J connectivity index is 1.60. The van der Waals surface area contributed by atoms with Crippen molar-refractivity contribution in [2.24, 2.45) is 17.6 Å². The Bertz CT molecular complexity index is 394. The maximum atomic E-state index is 5.76. The summed E-state index contributed by atoms with van der Waals surface area (Å²) in [5, 5.41) is 0. The van der Waals surface area contributed by atoms with E-state index in [2.05, 4.69) is 18.9 Å². The molecule has 2 atom stereocenters. The van der Waals surface area contributed by atoms with Gasteiger partial charge in [-0.1, -0.05) is 19.1 Å². The molecule has 0 spiro atoms. The third-order valence-corrected chi connectivity index (χ3v) is 3.91. The van der Waals surface area contributed by atoms with Crippen molar-refractivity contribution in [1.82, 2.24) is 4.90 Å². The van der Waals surface area contributed by atoms with Crippen LogP contribution >= 0.6 is 0 Å². The molecule has 0 aromatic heterocycles. The second-order valence-electron chi connectivity index (χ2n) is 5.79. The Hall–Kier alpha value is -1.06. The van der Waals surface area contributed by atoms with Gasteiger partial charge in [-0.15, -0.1) is 0 Å². The number of rotatable bonds is 8. The lowest BCUT2D eigenvalue weighted by atomic mass is 10.2. The molecule has 0 bridgehead atoms. The van der Waals surface area contributed by atoms with Crippen LogP contribution in [0.1, 0.15) is 25.3 Å². The maximum Gasteiger partial charge on any atom is 0.119 e. The molecule has 3 nitrogen and oxygen atoms in total. The minimum Gasteiger partial charge on any atom is -0.494 e. The van der Waals surface area contributed by atoms with E-state index in [1.165, 1.54) is 13.0 Å². The zero-order chi connectivity index (χ0) is 13.7. The van der Waals surface area contributed by atoms with Gasteiger partial charge in [0.1, 0.15) is 5.75 Å². The average Bonchev–Trinajstić information content (AvgIpc) is 3.10. The molecule has 0 radical (unpaired) electrons. The number of ether oxygens (including phenoxy) is 1. The molecular formula is C16H26N2O. The number of hydrogen-bond acceptors (Lipinski definition) is 3. The Morgan fingerprint density at radius 2 is 2.21 bits per heavy atom. The predicted octanol–water partition coefficient (Wildman–Crippen LogP) is 2.50. The first kappa shape index (κ1) is 14.4. The van der Waals surface area contributed by atoms with Gasteiger partial charge in [-0.25, -0.2) is 0 Å². The van der Waals surface area contributed by atoms with E-state index in [-0.39, 0.29) is 0 Å². The van der Waals surface area contributed by atoms with Crippen molar-refractivity contribution in [3.63, 3.8) is 0 Å². The van der Waals surface area contributed by atoms with E-state index in [0.29, 0.717) is 6.54 Å². The van der Waals surface area contributed by atoms with Crippen LogP contribution in [-0.4, -0.2) is 31.6 Å². The van der Waals surface area contributed by atoms with E-state index in [1.54, 1.807) is 0 Å². The van der Waals surface area contributed by atoms with Crippen LogP contribution in [0.5, 0.6) is 5.75 Å². The van der Waals surface area contributed by atoms with Crippen LogP contribution in [-0.2, 0) is 6.54 Å². The molecule has 106 valence electrons. The van der Waals surface area contributed by atoms with Crippen molar-refractivity contribution >= 4 is 0 Å². The van der Waals surface area contributed by atoms with Crippen molar-refractivity contribution in [3.8, 4) is 5.75 Å². The molecule has 19 heavy (non-hydrogen) atoms. The molecule has 0 heterocycles. The molecule has 1 aromatic carbocycles. The molecule has 1 fully saturated rings. The summed E-state index contributed by atoms with van der Waals surface area (Å²) < 4.78 is 5.76. The molecule has 2 unspecified atom stereocenters. The smallest absolute Gasteiger partial charge is 0.119 e. The minimum absolute atomic E-state index is 0.569. The van der Waals surface area contributed by atoms with Crippen LogP contribution in [0.3, 0.4) is 0 Å². The molecule has 2 rings (SSSR count). The van der Waals surface area contributed by atoms with Gasteiger partial charge in [0, 0.05) is 19.6 Å². The molecule has 0 aliphatic heterocycles. The standard InChI is InChI=1S/C16H26N2O/c1-13-9-15(13)12-18(2)7-4-8-19-16-6-3-5-14(10-16)11-17/h3,5-6,10,13,15H,4,7-9,11-12,17H2,1-2H3. The van der Waals surface area contributed by atoms with E-state index in [9.17, 15) is 0 Å². The molecule has 2 N–H and O–H groups in total. The van der Waals surface area contributed by atoms with Crippen LogP contribution in [0.4, 0.5) is 0 Å². The van der Waals surface area contributed by atoms with Gasteiger partial charge in [0.15, 0.2) is 0 Å². The SMILES string of the molecule is CC1CC1CN(C)CCCOc1cccc(CN)c1. The predicted molar refractivity (Wildman–Crippen MR) is 79.2 cm³/mol. The Morgan fingerprint density at radius 1 is 1.42 bits per heavy atom. The summed E-state index contributed by atoms with van der Waals surface area (Å²) in [4.78, 5) is 2.42. The molecule has 1 aromatic rings. The second-order valence-corrected chi connectivity index (χ2v) is 5.79. The molecule has 3 heteroatoms. The van der Waals surface area contributed by atoms with E-state index >= 15 is 0 Å². The summed E-state index contributed by atoms with van der Waals surface area (Å²) in [5.74, 6) is 2.81. The highest BCUT2D eigenvalue weighted by molar-refractivity contribution is 5.28. The number of nitrogens with two attached hydrogens (primary N) is 1. The van der Waals surface area contributed by atoms with Crippen molar-refractivity contribution in [1.29, 1.82) is 0 Å². The van der Waals surface area contributed by atoms with Gasteiger partial charge < -0.3 is 15.4 Å². The van der Waals surface area contributed by atoms with Crippen LogP contribution < -0.4 is 10.5 Å². The van der Waals surface area contributed by atoms with Gasteiger partial charge in [0.2, 0.25) is 0 Å². The Labute approximate surface area is 116 Å². The molecule has 1 saturated carbocycles. The molecule has 1 aliphatic carbocycles. The van der Waals surface area contributed by atoms with Gasteiger partial charge in [-0.05, 0) is 49.4 Å². The van der Waals surface area contributed by atoms with Crippen molar-refractivity contribution in [2.45, 2.75) is 26.3 Å². The largest absolute Gasteiger partial charge is 0.494 e. The zero-order valence-corrected chi connectivity index (χ0v) is 12.1. The van der Waals surface area contributed by atoms with Gasteiger partial charge in [0.05, 0.1) is 6.61 Å². The first-order valence-corrected chi connectivity index (χ1v) is 7.29. The molecule has 1 aliphatic rings. The monoisotopic (exact) mass is 262 g/mol. The normalized spacial score (nSPS) is 21.7. The summed E-state index contributed by atoms with van der Waals surface area (Å²) in [6.07, 6.45) is 2.48. The maximum absolute atomic E-state index is 5.76. The first-order valence-electron chi connectivity index (χ1n) is 7.29. The molecule has 0 amide bonds. The van der Waals surface area contributed by atoms with E-state index in [0.717, 1.165) is 42.7 Å². The van der Waals surface area contributed by atoms with Crippen molar-refractivity contribution in [3.05, 3.63) is 29.8 Å². The highest BCUT2D eigenvalue weighted by atomic mass is 16.5.